The first kappa shape index (κ1) is 15.0. The molecular formula is C15H13N3O4S. The molecule has 0 radical (unpaired) electrons. The summed E-state index contributed by atoms with van der Waals surface area (Å²) in [5.74, 6) is 0.797. The van der Waals surface area contributed by atoms with Gasteiger partial charge < -0.3 is 9.15 Å². The van der Waals surface area contributed by atoms with Crippen molar-refractivity contribution in [1.82, 2.24) is 9.97 Å². The van der Waals surface area contributed by atoms with Crippen LogP contribution in [0, 0.1) is 0 Å². The van der Waals surface area contributed by atoms with Crippen LogP contribution < -0.4 is 9.46 Å². The van der Waals surface area contributed by atoms with Crippen LogP contribution in [-0.4, -0.2) is 25.5 Å². The lowest BCUT2D eigenvalue weighted by Gasteiger charge is -2.09. The smallest absolute Gasteiger partial charge is 0.263 e. The van der Waals surface area contributed by atoms with Gasteiger partial charge in [-0.05, 0) is 36.4 Å². The van der Waals surface area contributed by atoms with Crippen LogP contribution in [0.3, 0.4) is 0 Å². The van der Waals surface area contributed by atoms with Crippen molar-refractivity contribution in [3.05, 3.63) is 55.1 Å². The number of hydrogen-bond acceptors (Lipinski definition) is 6. The second kappa shape index (κ2) is 6.09. The Morgan fingerprint density at radius 1 is 1.09 bits per heavy atom. The van der Waals surface area contributed by atoms with Crippen molar-refractivity contribution in [2.24, 2.45) is 0 Å². The van der Waals surface area contributed by atoms with E-state index in [2.05, 4.69) is 14.7 Å². The zero-order chi connectivity index (χ0) is 16.3. The third-order valence-electron chi connectivity index (χ3n) is 3.06. The maximum absolute atomic E-state index is 12.4. The van der Waals surface area contributed by atoms with Gasteiger partial charge in [0.2, 0.25) is 5.82 Å². The van der Waals surface area contributed by atoms with Gasteiger partial charge in [-0.25, -0.2) is 18.4 Å². The van der Waals surface area contributed by atoms with Crippen molar-refractivity contribution in [3.8, 4) is 17.2 Å². The predicted octanol–water partition coefficient (Wildman–Crippen LogP) is 2.55. The molecule has 23 heavy (non-hydrogen) atoms. The molecule has 0 spiro atoms. The largest absolute Gasteiger partial charge is 0.478 e. The third-order valence-corrected chi connectivity index (χ3v) is 4.41. The number of benzene rings is 1. The molecule has 0 bridgehead atoms. The summed E-state index contributed by atoms with van der Waals surface area (Å²) in [7, 11) is -2.41. The molecule has 1 N–H and O–H groups in total. The molecular weight excluding hydrogens is 318 g/mol. The zero-order valence-corrected chi connectivity index (χ0v) is 12.9. The molecule has 0 saturated heterocycles. The predicted molar refractivity (Wildman–Crippen MR) is 83.5 cm³/mol. The van der Waals surface area contributed by atoms with Crippen molar-refractivity contribution in [3.63, 3.8) is 0 Å². The molecule has 0 aliphatic rings. The van der Waals surface area contributed by atoms with Crippen LogP contribution in [0.25, 0.3) is 11.3 Å². The third kappa shape index (κ3) is 3.16. The van der Waals surface area contributed by atoms with Crippen LogP contribution in [0.2, 0.25) is 0 Å². The van der Waals surface area contributed by atoms with Gasteiger partial charge in [0, 0.05) is 18.0 Å². The van der Waals surface area contributed by atoms with Crippen LogP contribution in [0.4, 0.5) is 5.82 Å². The van der Waals surface area contributed by atoms with E-state index in [9.17, 15) is 8.42 Å². The number of hydrogen-bond donors (Lipinski definition) is 1. The molecule has 1 aromatic carbocycles. The molecule has 0 aliphatic carbocycles. The summed E-state index contributed by atoms with van der Waals surface area (Å²) >= 11 is 0. The Balaban J connectivity index is 1.88. The minimum absolute atomic E-state index is 0.0325. The molecule has 0 amide bonds. The average molecular weight is 331 g/mol. The van der Waals surface area contributed by atoms with Crippen LogP contribution in [0.15, 0.2) is 64.4 Å². The molecule has 8 heteroatoms. The minimum atomic E-state index is -3.79. The monoisotopic (exact) mass is 331 g/mol. The van der Waals surface area contributed by atoms with Gasteiger partial charge >= 0.3 is 0 Å². The van der Waals surface area contributed by atoms with E-state index in [4.69, 9.17) is 9.15 Å². The first-order valence-electron chi connectivity index (χ1n) is 6.62. The van der Waals surface area contributed by atoms with E-state index < -0.39 is 10.0 Å². The van der Waals surface area contributed by atoms with Gasteiger partial charge in [-0.15, -0.1) is 0 Å². The average Bonchev–Trinajstić information content (AvgIpc) is 3.10. The zero-order valence-electron chi connectivity index (χ0n) is 12.1. The van der Waals surface area contributed by atoms with Crippen molar-refractivity contribution in [1.29, 1.82) is 0 Å². The molecule has 7 nitrogen and oxygen atoms in total. The van der Waals surface area contributed by atoms with E-state index in [0.717, 1.165) is 5.56 Å². The Bertz CT molecular complexity index is 891. The fraction of sp³-hybridized carbons (Fsp3) is 0.0667. The van der Waals surface area contributed by atoms with Gasteiger partial charge in [-0.1, -0.05) is 0 Å². The Morgan fingerprint density at radius 3 is 2.48 bits per heavy atom. The lowest BCUT2D eigenvalue weighted by molar-refractivity contribution is 0.398. The highest BCUT2D eigenvalue weighted by atomic mass is 32.2. The molecule has 3 rings (SSSR count). The van der Waals surface area contributed by atoms with Crippen molar-refractivity contribution in [2.75, 3.05) is 11.8 Å². The molecule has 0 aliphatic heterocycles. The molecule has 2 heterocycles. The molecule has 0 fully saturated rings. The van der Waals surface area contributed by atoms with Crippen LogP contribution in [-0.2, 0) is 10.0 Å². The molecule has 2 aromatic heterocycles. The van der Waals surface area contributed by atoms with Crippen LogP contribution in [0.5, 0.6) is 5.88 Å². The number of nitrogens with zero attached hydrogens (tertiary/aromatic N) is 2. The lowest BCUT2D eigenvalue weighted by Crippen LogP contribution is -2.15. The molecule has 3 aromatic rings. The van der Waals surface area contributed by atoms with E-state index in [1.807, 2.05) is 0 Å². The van der Waals surface area contributed by atoms with E-state index in [-0.39, 0.29) is 16.6 Å². The lowest BCUT2D eigenvalue weighted by atomic mass is 10.2. The van der Waals surface area contributed by atoms with E-state index in [1.165, 1.54) is 31.6 Å². The first-order valence-corrected chi connectivity index (χ1v) is 8.10. The van der Waals surface area contributed by atoms with Crippen molar-refractivity contribution < 1.29 is 17.6 Å². The summed E-state index contributed by atoms with van der Waals surface area (Å²) in [6, 6.07) is 9.88. The number of nitrogens with one attached hydrogen (secondary N) is 1. The summed E-state index contributed by atoms with van der Waals surface area (Å²) in [6.07, 6.45) is 4.34. The Hall–Kier alpha value is -2.87. The summed E-state index contributed by atoms with van der Waals surface area (Å²) in [4.78, 5) is 7.92. The standard InChI is InChI=1S/C15H13N3O4S/c1-21-15-14(16-8-9-17-15)18-23(19,20)12-6-4-11(5-7-12)13-3-2-10-22-13/h2-10H,1H3,(H,16,18). The molecule has 0 unspecified atom stereocenters. The van der Waals surface area contributed by atoms with Crippen LogP contribution in [0.1, 0.15) is 0 Å². The number of anilines is 1. The van der Waals surface area contributed by atoms with Gasteiger partial charge in [0.25, 0.3) is 15.9 Å². The fourth-order valence-electron chi connectivity index (χ4n) is 1.97. The molecule has 0 saturated carbocycles. The number of methoxy groups -OCH3 is 1. The minimum Gasteiger partial charge on any atom is -0.478 e. The Kier molecular flexibility index (Phi) is 3.98. The Morgan fingerprint density at radius 2 is 1.83 bits per heavy atom. The first-order chi connectivity index (χ1) is 11.1. The molecule has 118 valence electrons. The van der Waals surface area contributed by atoms with E-state index >= 15 is 0 Å². The van der Waals surface area contributed by atoms with Gasteiger partial charge in [0.05, 0.1) is 18.3 Å². The molecule has 0 atom stereocenters. The highest BCUT2D eigenvalue weighted by molar-refractivity contribution is 7.92. The Labute approximate surface area is 133 Å². The van der Waals surface area contributed by atoms with Crippen molar-refractivity contribution in [2.45, 2.75) is 4.90 Å². The summed E-state index contributed by atoms with van der Waals surface area (Å²) < 4.78 is 37.4. The number of sulfonamides is 1. The normalized spacial score (nSPS) is 11.2. The number of furan rings is 1. The summed E-state index contributed by atoms with van der Waals surface area (Å²) in [6.45, 7) is 0. The number of ether oxygens (including phenoxy) is 1. The van der Waals surface area contributed by atoms with Gasteiger partial charge in [-0.2, -0.15) is 0 Å². The van der Waals surface area contributed by atoms with E-state index in [0.29, 0.717) is 5.76 Å². The van der Waals surface area contributed by atoms with E-state index in [1.54, 1.807) is 30.5 Å². The summed E-state index contributed by atoms with van der Waals surface area (Å²) in [5.41, 5.74) is 0.783. The maximum atomic E-state index is 12.4. The topological polar surface area (TPSA) is 94.3 Å². The van der Waals surface area contributed by atoms with Gasteiger partial charge in [0.1, 0.15) is 5.76 Å². The maximum Gasteiger partial charge on any atom is 0.263 e. The quantitative estimate of drug-likeness (QED) is 0.772. The highest BCUT2D eigenvalue weighted by Gasteiger charge is 2.18. The second-order valence-corrected chi connectivity index (χ2v) is 6.20. The number of aromatic nitrogens is 2. The summed E-state index contributed by atoms with van der Waals surface area (Å²) in [5, 5.41) is 0. The second-order valence-electron chi connectivity index (χ2n) is 4.52. The fourth-order valence-corrected chi connectivity index (χ4v) is 2.98. The SMILES string of the molecule is COc1nccnc1NS(=O)(=O)c1ccc(-c2ccco2)cc1. The number of rotatable bonds is 5. The van der Waals surface area contributed by atoms with Gasteiger partial charge in [-0.3, -0.25) is 4.72 Å². The van der Waals surface area contributed by atoms with Crippen LogP contribution >= 0.6 is 0 Å². The van der Waals surface area contributed by atoms with Gasteiger partial charge in [0.15, 0.2) is 0 Å². The van der Waals surface area contributed by atoms with Crippen molar-refractivity contribution >= 4 is 15.8 Å². The highest BCUT2D eigenvalue weighted by Crippen LogP contribution is 2.24.